The third kappa shape index (κ3) is 3.75. The Labute approximate surface area is 154 Å². The fraction of sp³-hybridized carbons (Fsp3) is 0.500. The van der Waals surface area contributed by atoms with Gasteiger partial charge in [0.1, 0.15) is 17.1 Å². The summed E-state index contributed by atoms with van der Waals surface area (Å²) in [5.74, 6) is 0.421. The lowest BCUT2D eigenvalue weighted by molar-refractivity contribution is 0.0472. The van der Waals surface area contributed by atoms with E-state index in [1.807, 2.05) is 26.8 Å². The molecule has 0 amide bonds. The van der Waals surface area contributed by atoms with Crippen LogP contribution in [-0.2, 0) is 9.47 Å². The van der Waals surface area contributed by atoms with Gasteiger partial charge in [0, 0.05) is 29.6 Å². The van der Waals surface area contributed by atoms with Crippen molar-refractivity contribution in [3.63, 3.8) is 0 Å². The van der Waals surface area contributed by atoms with E-state index in [0.717, 1.165) is 17.0 Å². The van der Waals surface area contributed by atoms with Gasteiger partial charge in [-0.15, -0.1) is 0 Å². The fourth-order valence-corrected chi connectivity index (χ4v) is 3.43. The second-order valence-electron chi connectivity index (χ2n) is 6.67. The third-order valence-corrected chi connectivity index (χ3v) is 4.73. The van der Waals surface area contributed by atoms with Gasteiger partial charge in [0.15, 0.2) is 6.61 Å². The minimum absolute atomic E-state index is 0.114. The zero-order chi connectivity index (χ0) is 19.6. The van der Waals surface area contributed by atoms with Gasteiger partial charge in [-0.2, -0.15) is 0 Å². The van der Waals surface area contributed by atoms with Crippen LogP contribution in [0.15, 0.2) is 10.5 Å². The van der Waals surface area contributed by atoms with Crippen LogP contribution >= 0.6 is 0 Å². The molecule has 0 radical (unpaired) electrons. The SMILES string of the molecule is COCC(C)n1c(C)cc(C(=O)COC(=O)c2c(C)oc(C)c2C)c1C. The van der Waals surface area contributed by atoms with Crippen LogP contribution in [0, 0.1) is 34.6 Å². The molecule has 0 fully saturated rings. The molecule has 1 unspecified atom stereocenters. The van der Waals surface area contributed by atoms with Crippen molar-refractivity contribution in [1.82, 2.24) is 4.57 Å². The second-order valence-corrected chi connectivity index (χ2v) is 6.67. The number of aromatic nitrogens is 1. The quantitative estimate of drug-likeness (QED) is 0.553. The number of Topliss-reactive ketones (excluding diaryl/α,β-unsaturated/α-hetero) is 1. The molecule has 0 spiro atoms. The first-order valence-electron chi connectivity index (χ1n) is 8.63. The largest absolute Gasteiger partial charge is 0.465 e. The van der Waals surface area contributed by atoms with Crippen molar-refractivity contribution < 1.29 is 23.5 Å². The van der Waals surface area contributed by atoms with Crippen molar-refractivity contribution in [1.29, 1.82) is 0 Å². The lowest BCUT2D eigenvalue weighted by Crippen LogP contribution is -2.17. The van der Waals surface area contributed by atoms with E-state index in [1.54, 1.807) is 27.9 Å². The van der Waals surface area contributed by atoms with Crippen LogP contribution in [0.25, 0.3) is 0 Å². The Kier molecular flexibility index (Phi) is 6.08. The van der Waals surface area contributed by atoms with E-state index < -0.39 is 5.97 Å². The van der Waals surface area contributed by atoms with Gasteiger partial charge in [-0.1, -0.05) is 0 Å². The Bertz CT molecular complexity index is 828. The van der Waals surface area contributed by atoms with Crippen molar-refractivity contribution in [2.75, 3.05) is 20.3 Å². The van der Waals surface area contributed by atoms with Gasteiger partial charge in [0.2, 0.25) is 5.78 Å². The number of nitrogens with zero attached hydrogens (tertiary/aromatic N) is 1. The summed E-state index contributed by atoms with van der Waals surface area (Å²) in [4.78, 5) is 24.9. The van der Waals surface area contributed by atoms with Crippen molar-refractivity contribution in [3.05, 3.63) is 45.7 Å². The molecule has 2 aromatic rings. The molecule has 2 aromatic heterocycles. The van der Waals surface area contributed by atoms with Gasteiger partial charge in [-0.3, -0.25) is 4.79 Å². The smallest absolute Gasteiger partial charge is 0.342 e. The Morgan fingerprint density at radius 3 is 2.35 bits per heavy atom. The van der Waals surface area contributed by atoms with Crippen LogP contribution in [0.1, 0.15) is 62.2 Å². The first-order valence-corrected chi connectivity index (χ1v) is 8.63. The van der Waals surface area contributed by atoms with E-state index in [4.69, 9.17) is 13.9 Å². The van der Waals surface area contributed by atoms with Crippen molar-refractivity contribution in [2.45, 2.75) is 47.6 Å². The van der Waals surface area contributed by atoms with Gasteiger partial charge < -0.3 is 18.5 Å². The fourth-order valence-electron chi connectivity index (χ4n) is 3.43. The molecule has 6 nitrogen and oxygen atoms in total. The predicted octanol–water partition coefficient (Wildman–Crippen LogP) is 3.87. The van der Waals surface area contributed by atoms with Crippen molar-refractivity contribution in [2.24, 2.45) is 0 Å². The predicted molar refractivity (Wildman–Crippen MR) is 98.0 cm³/mol. The van der Waals surface area contributed by atoms with Gasteiger partial charge in [0.25, 0.3) is 0 Å². The van der Waals surface area contributed by atoms with E-state index in [1.165, 1.54) is 0 Å². The number of methoxy groups -OCH3 is 1. The average Bonchev–Trinajstić information content (AvgIpc) is 3.00. The highest BCUT2D eigenvalue weighted by atomic mass is 16.5. The second kappa shape index (κ2) is 7.91. The molecular weight excluding hydrogens is 334 g/mol. The summed E-state index contributed by atoms with van der Waals surface area (Å²) in [6.07, 6.45) is 0. The summed E-state index contributed by atoms with van der Waals surface area (Å²) in [5, 5.41) is 0. The molecule has 142 valence electrons. The topological polar surface area (TPSA) is 70.7 Å². The molecule has 0 aliphatic carbocycles. The standard InChI is InChI=1S/C20H27NO5/c1-11-8-17(14(4)21(11)12(2)9-24-7)18(22)10-25-20(23)19-13(3)15(5)26-16(19)6/h8,12H,9-10H2,1-7H3. The van der Waals surface area contributed by atoms with Crippen molar-refractivity contribution >= 4 is 11.8 Å². The number of esters is 1. The molecule has 0 aliphatic heterocycles. The number of furan rings is 1. The maximum Gasteiger partial charge on any atom is 0.342 e. The molecule has 0 saturated carbocycles. The number of hydrogen-bond donors (Lipinski definition) is 0. The van der Waals surface area contributed by atoms with Crippen LogP contribution in [0.5, 0.6) is 0 Å². The Morgan fingerprint density at radius 1 is 1.15 bits per heavy atom. The highest BCUT2D eigenvalue weighted by molar-refractivity contribution is 6.01. The summed E-state index contributed by atoms with van der Waals surface area (Å²) in [5.41, 5.74) is 3.52. The van der Waals surface area contributed by atoms with E-state index >= 15 is 0 Å². The monoisotopic (exact) mass is 361 g/mol. The molecule has 26 heavy (non-hydrogen) atoms. The molecule has 1 atom stereocenters. The number of hydrogen-bond acceptors (Lipinski definition) is 5. The highest BCUT2D eigenvalue weighted by Gasteiger charge is 2.23. The third-order valence-electron chi connectivity index (χ3n) is 4.73. The Hall–Kier alpha value is -2.34. The van der Waals surface area contributed by atoms with E-state index in [-0.39, 0.29) is 18.4 Å². The molecule has 0 aromatic carbocycles. The van der Waals surface area contributed by atoms with Crippen LogP contribution < -0.4 is 0 Å². The molecule has 0 N–H and O–H groups in total. The number of ether oxygens (including phenoxy) is 2. The van der Waals surface area contributed by atoms with Crippen LogP contribution in [-0.4, -0.2) is 36.6 Å². The minimum Gasteiger partial charge on any atom is -0.465 e. The summed E-state index contributed by atoms with van der Waals surface area (Å²) in [7, 11) is 1.65. The number of rotatable bonds is 7. The molecule has 0 saturated heterocycles. The summed E-state index contributed by atoms with van der Waals surface area (Å²) >= 11 is 0. The van der Waals surface area contributed by atoms with Gasteiger partial charge in [-0.25, -0.2) is 4.79 Å². The summed E-state index contributed by atoms with van der Waals surface area (Å²) < 4.78 is 18.0. The maximum atomic E-state index is 12.6. The van der Waals surface area contributed by atoms with E-state index in [9.17, 15) is 9.59 Å². The Morgan fingerprint density at radius 2 is 1.81 bits per heavy atom. The Balaban J connectivity index is 2.13. The first-order chi connectivity index (χ1) is 12.2. The summed E-state index contributed by atoms with van der Waals surface area (Å²) in [6, 6.07) is 1.94. The molecule has 6 heteroatoms. The van der Waals surface area contributed by atoms with Gasteiger partial charge in [0.05, 0.1) is 12.6 Å². The summed E-state index contributed by atoms with van der Waals surface area (Å²) in [6.45, 7) is 11.4. The van der Waals surface area contributed by atoms with E-state index in [2.05, 4.69) is 4.57 Å². The average molecular weight is 361 g/mol. The van der Waals surface area contributed by atoms with E-state index in [0.29, 0.717) is 29.3 Å². The molecular formula is C20H27NO5. The van der Waals surface area contributed by atoms with Gasteiger partial charge in [-0.05, 0) is 47.6 Å². The molecule has 0 bridgehead atoms. The van der Waals surface area contributed by atoms with Crippen molar-refractivity contribution in [3.8, 4) is 0 Å². The minimum atomic E-state index is -0.535. The van der Waals surface area contributed by atoms with Crippen LogP contribution in [0.4, 0.5) is 0 Å². The molecule has 0 aliphatic rings. The lowest BCUT2D eigenvalue weighted by Gasteiger charge is -2.17. The zero-order valence-corrected chi connectivity index (χ0v) is 16.6. The number of ketones is 1. The number of aryl methyl sites for hydroxylation is 3. The van der Waals surface area contributed by atoms with Crippen LogP contribution in [0.2, 0.25) is 0 Å². The first kappa shape index (κ1) is 20.0. The maximum absolute atomic E-state index is 12.6. The lowest BCUT2D eigenvalue weighted by atomic mass is 10.1. The number of carbonyl (C=O) groups is 2. The highest BCUT2D eigenvalue weighted by Crippen LogP contribution is 2.23. The molecule has 2 rings (SSSR count). The van der Waals surface area contributed by atoms with Crippen LogP contribution in [0.3, 0.4) is 0 Å². The number of carbonyl (C=O) groups excluding carboxylic acids is 2. The normalized spacial score (nSPS) is 12.3. The zero-order valence-electron chi connectivity index (χ0n) is 16.6. The molecule has 2 heterocycles. The van der Waals surface area contributed by atoms with Gasteiger partial charge >= 0.3 is 5.97 Å².